The second-order valence-electron chi connectivity index (χ2n) is 5.15. The maximum atomic E-state index is 11.9. The van der Waals surface area contributed by atoms with E-state index in [9.17, 15) is 4.79 Å². The van der Waals surface area contributed by atoms with Crippen molar-refractivity contribution in [3.8, 4) is 0 Å². The molecule has 0 aliphatic heterocycles. The number of carbonyl (C=O) groups is 1. The van der Waals surface area contributed by atoms with Gasteiger partial charge >= 0.3 is 0 Å². The van der Waals surface area contributed by atoms with Gasteiger partial charge in [0.25, 0.3) is 0 Å². The quantitative estimate of drug-likeness (QED) is 0.715. The van der Waals surface area contributed by atoms with Crippen molar-refractivity contribution in [2.75, 3.05) is 25.4 Å². The van der Waals surface area contributed by atoms with Crippen LogP contribution in [0.4, 0.5) is 5.69 Å². The van der Waals surface area contributed by atoms with Gasteiger partial charge in [-0.15, -0.1) is 0 Å². The van der Waals surface area contributed by atoms with Crippen LogP contribution in [0.2, 0.25) is 0 Å². The van der Waals surface area contributed by atoms with Gasteiger partial charge in [0.1, 0.15) is 0 Å². The molecule has 4 nitrogen and oxygen atoms in total. The summed E-state index contributed by atoms with van der Waals surface area (Å²) in [6, 6.07) is 7.88. The van der Waals surface area contributed by atoms with E-state index in [1.54, 1.807) is 0 Å². The number of para-hydroxylation sites is 1. The van der Waals surface area contributed by atoms with E-state index in [0.29, 0.717) is 12.8 Å². The Kier molecular flexibility index (Phi) is 7.09. The summed E-state index contributed by atoms with van der Waals surface area (Å²) in [5.74, 6) is 0.0907. The number of anilines is 1. The normalized spacial score (nSPS) is 12.4. The van der Waals surface area contributed by atoms with Crippen LogP contribution in [0, 0.1) is 0 Å². The summed E-state index contributed by atoms with van der Waals surface area (Å²) in [5.41, 5.74) is 7.67. The molecule has 0 radical (unpaired) electrons. The molecule has 0 aliphatic carbocycles. The molecule has 0 aliphatic rings. The lowest BCUT2D eigenvalue weighted by atomic mass is 10.1. The third-order valence-electron chi connectivity index (χ3n) is 3.51. The predicted octanol–water partition coefficient (Wildman–Crippen LogP) is 2.05. The number of aryl methyl sites for hydroxylation is 1. The van der Waals surface area contributed by atoms with E-state index < -0.39 is 0 Å². The smallest absolute Gasteiger partial charge is 0.220 e. The number of nitrogens with one attached hydrogen (secondary N) is 1. The van der Waals surface area contributed by atoms with Crippen molar-refractivity contribution in [1.82, 2.24) is 10.2 Å². The standard InChI is InChI=1S/C16H27N3O/c1-4-19(5-2)12-13(3)18-16(20)11-10-14-8-6-7-9-15(14)17/h6-9,13H,4-5,10-12,17H2,1-3H3,(H,18,20). The van der Waals surface area contributed by atoms with Gasteiger partial charge in [0, 0.05) is 24.7 Å². The molecule has 0 bridgehead atoms. The highest BCUT2D eigenvalue weighted by atomic mass is 16.1. The average Bonchev–Trinajstić information content (AvgIpc) is 2.43. The number of likely N-dealkylation sites (N-methyl/N-ethyl adjacent to an activating group) is 1. The van der Waals surface area contributed by atoms with Crippen molar-refractivity contribution >= 4 is 11.6 Å². The van der Waals surface area contributed by atoms with Crippen molar-refractivity contribution in [1.29, 1.82) is 0 Å². The number of hydrogen-bond acceptors (Lipinski definition) is 3. The van der Waals surface area contributed by atoms with Gasteiger partial charge in [0.05, 0.1) is 0 Å². The molecule has 1 amide bonds. The van der Waals surface area contributed by atoms with Crippen molar-refractivity contribution in [2.24, 2.45) is 0 Å². The Morgan fingerprint density at radius 1 is 1.30 bits per heavy atom. The van der Waals surface area contributed by atoms with Gasteiger partial charge in [-0.1, -0.05) is 32.0 Å². The van der Waals surface area contributed by atoms with Crippen LogP contribution in [0.1, 0.15) is 32.8 Å². The van der Waals surface area contributed by atoms with Crippen molar-refractivity contribution in [3.63, 3.8) is 0 Å². The number of nitrogens with two attached hydrogens (primary N) is 1. The van der Waals surface area contributed by atoms with E-state index in [1.165, 1.54) is 0 Å². The number of hydrogen-bond donors (Lipinski definition) is 2. The Morgan fingerprint density at radius 3 is 2.55 bits per heavy atom. The fourth-order valence-electron chi connectivity index (χ4n) is 2.27. The van der Waals surface area contributed by atoms with Crippen LogP contribution in [-0.4, -0.2) is 36.5 Å². The highest BCUT2D eigenvalue weighted by molar-refractivity contribution is 5.76. The van der Waals surface area contributed by atoms with E-state index in [-0.39, 0.29) is 11.9 Å². The van der Waals surface area contributed by atoms with E-state index in [4.69, 9.17) is 5.73 Å². The SMILES string of the molecule is CCN(CC)CC(C)NC(=O)CCc1ccccc1N. The Balaban J connectivity index is 2.35. The lowest BCUT2D eigenvalue weighted by Gasteiger charge is -2.23. The van der Waals surface area contributed by atoms with Crippen LogP contribution in [0.15, 0.2) is 24.3 Å². The minimum absolute atomic E-state index is 0.0907. The molecule has 0 spiro atoms. The lowest BCUT2D eigenvalue weighted by Crippen LogP contribution is -2.42. The summed E-state index contributed by atoms with van der Waals surface area (Å²) in [6.07, 6.45) is 1.17. The summed E-state index contributed by atoms with van der Waals surface area (Å²) >= 11 is 0. The molecule has 0 saturated carbocycles. The molecule has 20 heavy (non-hydrogen) atoms. The highest BCUT2D eigenvalue weighted by Gasteiger charge is 2.10. The maximum Gasteiger partial charge on any atom is 0.220 e. The summed E-state index contributed by atoms with van der Waals surface area (Å²) < 4.78 is 0. The van der Waals surface area contributed by atoms with Crippen LogP contribution in [-0.2, 0) is 11.2 Å². The molecule has 0 fully saturated rings. The summed E-state index contributed by atoms with van der Waals surface area (Å²) in [4.78, 5) is 14.2. The van der Waals surface area contributed by atoms with E-state index in [0.717, 1.165) is 30.9 Å². The highest BCUT2D eigenvalue weighted by Crippen LogP contribution is 2.12. The predicted molar refractivity (Wildman–Crippen MR) is 84.6 cm³/mol. The molecular weight excluding hydrogens is 250 g/mol. The van der Waals surface area contributed by atoms with Gasteiger partial charge < -0.3 is 16.0 Å². The van der Waals surface area contributed by atoms with Gasteiger partial charge in [0.15, 0.2) is 0 Å². The molecule has 1 aromatic rings. The Labute approximate surface area is 122 Å². The first-order valence-corrected chi connectivity index (χ1v) is 7.41. The summed E-state index contributed by atoms with van der Waals surface area (Å²) in [7, 11) is 0. The number of amides is 1. The topological polar surface area (TPSA) is 58.4 Å². The van der Waals surface area contributed by atoms with Gasteiger partial charge in [-0.05, 0) is 38.1 Å². The van der Waals surface area contributed by atoms with E-state index in [2.05, 4.69) is 24.1 Å². The Hall–Kier alpha value is -1.55. The third-order valence-corrected chi connectivity index (χ3v) is 3.51. The largest absolute Gasteiger partial charge is 0.399 e. The molecular formula is C16H27N3O. The fourth-order valence-corrected chi connectivity index (χ4v) is 2.27. The third kappa shape index (κ3) is 5.61. The van der Waals surface area contributed by atoms with E-state index >= 15 is 0 Å². The van der Waals surface area contributed by atoms with Crippen LogP contribution < -0.4 is 11.1 Å². The summed E-state index contributed by atoms with van der Waals surface area (Å²) in [6.45, 7) is 9.24. The van der Waals surface area contributed by atoms with Crippen LogP contribution in [0.25, 0.3) is 0 Å². The number of nitrogens with zero attached hydrogens (tertiary/aromatic N) is 1. The first-order valence-electron chi connectivity index (χ1n) is 7.41. The average molecular weight is 277 g/mol. The lowest BCUT2D eigenvalue weighted by molar-refractivity contribution is -0.121. The molecule has 0 aromatic heterocycles. The van der Waals surface area contributed by atoms with Crippen LogP contribution in [0.5, 0.6) is 0 Å². The molecule has 4 heteroatoms. The first-order chi connectivity index (χ1) is 9.56. The fraction of sp³-hybridized carbons (Fsp3) is 0.562. The van der Waals surface area contributed by atoms with Gasteiger partial charge in [-0.3, -0.25) is 4.79 Å². The molecule has 0 saturated heterocycles. The second-order valence-corrected chi connectivity index (χ2v) is 5.15. The zero-order valence-electron chi connectivity index (χ0n) is 12.9. The molecule has 1 atom stereocenters. The first kappa shape index (κ1) is 16.5. The van der Waals surface area contributed by atoms with Crippen molar-refractivity contribution < 1.29 is 4.79 Å². The van der Waals surface area contributed by atoms with E-state index in [1.807, 2.05) is 31.2 Å². The maximum absolute atomic E-state index is 11.9. The van der Waals surface area contributed by atoms with Gasteiger partial charge in [0.2, 0.25) is 5.91 Å². The second kappa shape index (κ2) is 8.59. The van der Waals surface area contributed by atoms with Crippen LogP contribution >= 0.6 is 0 Å². The molecule has 1 aromatic carbocycles. The molecule has 3 N–H and O–H groups in total. The summed E-state index contributed by atoms with van der Waals surface area (Å²) in [5, 5.41) is 3.05. The van der Waals surface area contributed by atoms with Crippen LogP contribution in [0.3, 0.4) is 0 Å². The van der Waals surface area contributed by atoms with Crippen molar-refractivity contribution in [3.05, 3.63) is 29.8 Å². The minimum Gasteiger partial charge on any atom is -0.399 e. The molecule has 112 valence electrons. The Morgan fingerprint density at radius 2 is 1.95 bits per heavy atom. The molecule has 1 rings (SSSR count). The number of carbonyl (C=O) groups excluding carboxylic acids is 1. The van der Waals surface area contributed by atoms with Gasteiger partial charge in [-0.2, -0.15) is 0 Å². The van der Waals surface area contributed by atoms with Gasteiger partial charge in [-0.25, -0.2) is 0 Å². The van der Waals surface area contributed by atoms with Crippen molar-refractivity contribution in [2.45, 2.75) is 39.7 Å². The zero-order valence-corrected chi connectivity index (χ0v) is 12.9. The molecule has 0 heterocycles. The monoisotopic (exact) mass is 277 g/mol. The zero-order chi connectivity index (χ0) is 15.0. The number of nitrogen functional groups attached to an aromatic ring is 1. The minimum atomic E-state index is 0.0907. The molecule has 1 unspecified atom stereocenters. The Bertz CT molecular complexity index is 416. The number of benzene rings is 1. The number of rotatable bonds is 8.